The van der Waals surface area contributed by atoms with Crippen LogP contribution in [0.2, 0.25) is 0 Å². The molecule has 1 fully saturated rings. The second kappa shape index (κ2) is 7.53. The first-order chi connectivity index (χ1) is 15.0. The Balaban J connectivity index is 1.42. The molecule has 0 radical (unpaired) electrons. The van der Waals surface area contributed by atoms with Gasteiger partial charge in [-0.2, -0.15) is 4.98 Å². The fourth-order valence-corrected chi connectivity index (χ4v) is 4.56. The van der Waals surface area contributed by atoms with Crippen LogP contribution in [-0.4, -0.2) is 42.6 Å². The molecule has 5 rings (SSSR count). The van der Waals surface area contributed by atoms with E-state index in [1.165, 1.54) is 0 Å². The number of hydrogen-bond donors (Lipinski definition) is 3. The number of anilines is 4. The van der Waals surface area contributed by atoms with E-state index in [1.54, 1.807) is 6.26 Å². The number of amides is 1. The van der Waals surface area contributed by atoms with E-state index in [0.717, 1.165) is 66.3 Å². The molecule has 0 bridgehead atoms. The summed E-state index contributed by atoms with van der Waals surface area (Å²) in [5.41, 5.74) is 3.64. The Morgan fingerprint density at radius 2 is 2.03 bits per heavy atom. The lowest BCUT2D eigenvalue weighted by Crippen LogP contribution is -2.37. The molecule has 0 atom stereocenters. The standard InChI is InChI=1S/C23H28N6O2/c1-23(2)16-5-4-15(12-18(16)26-21(23)30)25-22-27-17-8-11-31-19(17)20(28-22)29-9-6-14(7-10-29)13-24-3/h4-5,8,11-12,14,24H,6-7,9-10,13H2,1-3H3,(H,26,30)(H,25,27,28). The third-order valence-electron chi connectivity index (χ3n) is 6.46. The molecule has 0 saturated carbocycles. The van der Waals surface area contributed by atoms with Gasteiger partial charge >= 0.3 is 0 Å². The summed E-state index contributed by atoms with van der Waals surface area (Å²) in [6.45, 7) is 6.80. The van der Waals surface area contributed by atoms with Gasteiger partial charge in [0.15, 0.2) is 11.4 Å². The Morgan fingerprint density at radius 1 is 1.23 bits per heavy atom. The second-order valence-electron chi connectivity index (χ2n) is 8.96. The van der Waals surface area contributed by atoms with Crippen LogP contribution in [0.5, 0.6) is 0 Å². The number of fused-ring (bicyclic) bond motifs is 2. The Hall–Kier alpha value is -3.13. The summed E-state index contributed by atoms with van der Waals surface area (Å²) in [6, 6.07) is 7.75. The highest BCUT2D eigenvalue weighted by Crippen LogP contribution is 2.39. The van der Waals surface area contributed by atoms with Crippen molar-refractivity contribution >= 4 is 40.1 Å². The molecule has 0 aliphatic carbocycles. The largest absolute Gasteiger partial charge is 0.459 e. The van der Waals surface area contributed by atoms with Crippen molar-refractivity contribution in [1.29, 1.82) is 0 Å². The third kappa shape index (κ3) is 3.50. The highest BCUT2D eigenvalue weighted by Gasteiger charge is 2.38. The Kier molecular flexibility index (Phi) is 4.81. The van der Waals surface area contributed by atoms with Gasteiger partial charge in [0.1, 0.15) is 5.52 Å². The van der Waals surface area contributed by atoms with E-state index >= 15 is 0 Å². The minimum atomic E-state index is -0.521. The highest BCUT2D eigenvalue weighted by molar-refractivity contribution is 6.06. The number of carbonyl (C=O) groups is 1. The summed E-state index contributed by atoms with van der Waals surface area (Å²) in [5, 5.41) is 9.56. The monoisotopic (exact) mass is 420 g/mol. The van der Waals surface area contributed by atoms with Crippen LogP contribution in [0.25, 0.3) is 11.1 Å². The van der Waals surface area contributed by atoms with Crippen molar-refractivity contribution < 1.29 is 9.21 Å². The molecule has 31 heavy (non-hydrogen) atoms. The molecule has 2 aliphatic rings. The zero-order chi connectivity index (χ0) is 21.6. The first kappa shape index (κ1) is 19.8. The molecular formula is C23H28N6O2. The maximum absolute atomic E-state index is 12.2. The van der Waals surface area contributed by atoms with E-state index < -0.39 is 5.41 Å². The topological polar surface area (TPSA) is 95.3 Å². The fourth-order valence-electron chi connectivity index (χ4n) is 4.56. The Labute approximate surface area is 181 Å². The molecule has 4 heterocycles. The molecule has 0 unspecified atom stereocenters. The quantitative estimate of drug-likeness (QED) is 0.580. The average molecular weight is 421 g/mol. The van der Waals surface area contributed by atoms with E-state index in [0.29, 0.717) is 11.9 Å². The van der Waals surface area contributed by atoms with Crippen molar-refractivity contribution in [2.45, 2.75) is 32.1 Å². The summed E-state index contributed by atoms with van der Waals surface area (Å²) >= 11 is 0. The molecule has 3 aromatic rings. The maximum atomic E-state index is 12.2. The minimum Gasteiger partial charge on any atom is -0.459 e. The molecule has 3 N–H and O–H groups in total. The molecule has 1 saturated heterocycles. The number of hydrogen-bond acceptors (Lipinski definition) is 7. The number of carbonyl (C=O) groups excluding carboxylic acids is 1. The van der Waals surface area contributed by atoms with Crippen LogP contribution < -0.4 is 20.9 Å². The van der Waals surface area contributed by atoms with Gasteiger partial charge in [0.05, 0.1) is 11.7 Å². The number of nitrogens with zero attached hydrogens (tertiary/aromatic N) is 3. The van der Waals surface area contributed by atoms with Crippen LogP contribution in [0.3, 0.4) is 0 Å². The van der Waals surface area contributed by atoms with Crippen molar-refractivity contribution in [3.8, 4) is 0 Å². The summed E-state index contributed by atoms with van der Waals surface area (Å²) in [4.78, 5) is 24.0. The van der Waals surface area contributed by atoms with Gasteiger partial charge in [-0.15, -0.1) is 0 Å². The normalized spacial score (nSPS) is 18.3. The van der Waals surface area contributed by atoms with Crippen molar-refractivity contribution in [2.75, 3.05) is 42.2 Å². The molecule has 2 aliphatic heterocycles. The van der Waals surface area contributed by atoms with Crippen LogP contribution in [0, 0.1) is 5.92 Å². The predicted octanol–water partition coefficient (Wildman–Crippen LogP) is 3.63. The summed E-state index contributed by atoms with van der Waals surface area (Å²) < 4.78 is 5.72. The minimum absolute atomic E-state index is 0.0136. The van der Waals surface area contributed by atoms with Crippen LogP contribution in [0.15, 0.2) is 34.9 Å². The van der Waals surface area contributed by atoms with Crippen molar-refractivity contribution in [3.05, 3.63) is 36.1 Å². The van der Waals surface area contributed by atoms with Gasteiger partial charge in [-0.3, -0.25) is 4.79 Å². The molecule has 8 nitrogen and oxygen atoms in total. The lowest BCUT2D eigenvalue weighted by molar-refractivity contribution is -0.119. The van der Waals surface area contributed by atoms with Crippen LogP contribution in [0.4, 0.5) is 23.1 Å². The van der Waals surface area contributed by atoms with E-state index in [1.807, 2.05) is 45.2 Å². The van der Waals surface area contributed by atoms with Crippen molar-refractivity contribution in [1.82, 2.24) is 15.3 Å². The van der Waals surface area contributed by atoms with Gasteiger partial charge in [0, 0.05) is 30.5 Å². The van der Waals surface area contributed by atoms with Gasteiger partial charge in [-0.05, 0) is 63.9 Å². The molecule has 1 amide bonds. The molecular weight excluding hydrogens is 392 g/mol. The SMILES string of the molecule is CNCC1CCN(c2nc(Nc3ccc4c(c3)NC(=O)C4(C)C)nc3ccoc23)CC1. The van der Waals surface area contributed by atoms with Gasteiger partial charge in [-0.1, -0.05) is 6.07 Å². The van der Waals surface area contributed by atoms with Crippen LogP contribution >= 0.6 is 0 Å². The van der Waals surface area contributed by atoms with E-state index in [2.05, 4.69) is 25.8 Å². The molecule has 162 valence electrons. The first-order valence-corrected chi connectivity index (χ1v) is 10.8. The Bertz CT molecular complexity index is 1130. The van der Waals surface area contributed by atoms with E-state index in [-0.39, 0.29) is 5.91 Å². The van der Waals surface area contributed by atoms with Crippen LogP contribution in [-0.2, 0) is 10.2 Å². The number of furan rings is 1. The van der Waals surface area contributed by atoms with Gasteiger partial charge < -0.3 is 25.3 Å². The van der Waals surface area contributed by atoms with E-state index in [9.17, 15) is 4.79 Å². The molecule has 0 spiro atoms. The summed E-state index contributed by atoms with van der Waals surface area (Å²) in [6.07, 6.45) is 3.90. The molecule has 8 heteroatoms. The Morgan fingerprint density at radius 3 is 2.81 bits per heavy atom. The smallest absolute Gasteiger partial charge is 0.234 e. The number of piperidine rings is 1. The molecule has 2 aromatic heterocycles. The number of nitrogens with one attached hydrogen (secondary N) is 3. The van der Waals surface area contributed by atoms with Crippen molar-refractivity contribution in [3.63, 3.8) is 0 Å². The van der Waals surface area contributed by atoms with Gasteiger partial charge in [-0.25, -0.2) is 4.98 Å². The number of rotatable bonds is 5. The maximum Gasteiger partial charge on any atom is 0.234 e. The number of benzene rings is 1. The summed E-state index contributed by atoms with van der Waals surface area (Å²) in [5.74, 6) is 2.05. The zero-order valence-electron chi connectivity index (χ0n) is 18.2. The lowest BCUT2D eigenvalue weighted by Gasteiger charge is -2.32. The fraction of sp³-hybridized carbons (Fsp3) is 0.435. The van der Waals surface area contributed by atoms with E-state index in [4.69, 9.17) is 9.40 Å². The zero-order valence-corrected chi connectivity index (χ0v) is 18.2. The second-order valence-corrected chi connectivity index (χ2v) is 8.96. The lowest BCUT2D eigenvalue weighted by atomic mass is 9.86. The first-order valence-electron chi connectivity index (χ1n) is 10.8. The predicted molar refractivity (Wildman–Crippen MR) is 122 cm³/mol. The summed E-state index contributed by atoms with van der Waals surface area (Å²) in [7, 11) is 2.01. The van der Waals surface area contributed by atoms with Gasteiger partial charge in [0.25, 0.3) is 0 Å². The van der Waals surface area contributed by atoms with Crippen molar-refractivity contribution in [2.24, 2.45) is 5.92 Å². The van der Waals surface area contributed by atoms with Crippen LogP contribution in [0.1, 0.15) is 32.3 Å². The molecule has 1 aromatic carbocycles. The average Bonchev–Trinajstić information content (AvgIpc) is 3.30. The van der Waals surface area contributed by atoms with Gasteiger partial charge in [0.2, 0.25) is 11.9 Å². The third-order valence-corrected chi connectivity index (χ3v) is 6.46. The number of aromatic nitrogens is 2. The highest BCUT2D eigenvalue weighted by atomic mass is 16.3.